The maximum atomic E-state index is 13.3. The van der Waals surface area contributed by atoms with E-state index in [0.717, 1.165) is 0 Å². The Morgan fingerprint density at radius 1 is 1.10 bits per heavy atom. The maximum absolute atomic E-state index is 13.3. The van der Waals surface area contributed by atoms with Gasteiger partial charge in [0, 0.05) is 11.7 Å². The van der Waals surface area contributed by atoms with Gasteiger partial charge in [0.25, 0.3) is 0 Å². The lowest BCUT2D eigenvalue weighted by molar-refractivity contribution is -0.182. The van der Waals surface area contributed by atoms with Crippen molar-refractivity contribution in [2.75, 3.05) is 5.32 Å². The van der Waals surface area contributed by atoms with E-state index in [4.69, 9.17) is 23.2 Å². The highest BCUT2D eigenvalue weighted by Gasteiger charge is 2.42. The molecular weight excluding hydrogens is 317 g/mol. The Kier molecular flexibility index (Phi) is 4.69. The molecule has 1 aromatic carbocycles. The van der Waals surface area contributed by atoms with Crippen molar-refractivity contribution in [3.05, 3.63) is 28.0 Å². The molecule has 1 aliphatic carbocycles. The van der Waals surface area contributed by atoms with Crippen LogP contribution in [0.4, 0.5) is 23.2 Å². The highest BCUT2D eigenvalue weighted by atomic mass is 35.5. The van der Waals surface area contributed by atoms with Crippen molar-refractivity contribution in [1.29, 1.82) is 0 Å². The zero-order chi connectivity index (χ0) is 14.9. The van der Waals surface area contributed by atoms with Gasteiger partial charge in [0.1, 0.15) is 0 Å². The van der Waals surface area contributed by atoms with Crippen LogP contribution in [0.25, 0.3) is 0 Å². The van der Waals surface area contributed by atoms with Crippen molar-refractivity contribution in [1.82, 2.24) is 0 Å². The van der Waals surface area contributed by atoms with Crippen molar-refractivity contribution < 1.29 is 17.6 Å². The normalized spacial score (nSPS) is 23.7. The first kappa shape index (κ1) is 15.7. The predicted molar refractivity (Wildman–Crippen MR) is 71.8 cm³/mol. The van der Waals surface area contributed by atoms with Gasteiger partial charge >= 0.3 is 6.18 Å². The first-order valence-corrected chi connectivity index (χ1v) is 7.00. The summed E-state index contributed by atoms with van der Waals surface area (Å²) in [4.78, 5) is 0. The SMILES string of the molecule is Fc1c(Cl)cc(NC2CCCC(C(F)(F)F)C2)cc1Cl. The summed E-state index contributed by atoms with van der Waals surface area (Å²) in [7, 11) is 0. The van der Waals surface area contributed by atoms with E-state index in [9.17, 15) is 17.6 Å². The van der Waals surface area contributed by atoms with E-state index in [0.29, 0.717) is 18.5 Å². The minimum atomic E-state index is -4.17. The monoisotopic (exact) mass is 329 g/mol. The molecule has 0 spiro atoms. The summed E-state index contributed by atoms with van der Waals surface area (Å²) >= 11 is 11.3. The van der Waals surface area contributed by atoms with Crippen molar-refractivity contribution in [2.45, 2.75) is 37.9 Å². The van der Waals surface area contributed by atoms with E-state index in [1.807, 2.05) is 0 Å². The van der Waals surface area contributed by atoms with Crippen LogP contribution in [0.3, 0.4) is 0 Å². The Hall–Kier alpha value is -0.680. The molecule has 1 fully saturated rings. The Morgan fingerprint density at radius 2 is 1.70 bits per heavy atom. The van der Waals surface area contributed by atoms with Crippen LogP contribution in [-0.4, -0.2) is 12.2 Å². The topological polar surface area (TPSA) is 12.0 Å². The van der Waals surface area contributed by atoms with Crippen LogP contribution in [0.5, 0.6) is 0 Å². The molecule has 0 aromatic heterocycles. The molecule has 0 amide bonds. The molecule has 2 unspecified atom stereocenters. The molecule has 0 aliphatic heterocycles. The summed E-state index contributed by atoms with van der Waals surface area (Å²) in [6, 6.07) is 2.35. The second-order valence-corrected chi connectivity index (χ2v) is 5.81. The van der Waals surface area contributed by atoms with E-state index in [2.05, 4.69) is 5.32 Å². The zero-order valence-electron chi connectivity index (χ0n) is 10.4. The predicted octanol–water partition coefficient (Wildman–Crippen LogP) is 5.67. The molecule has 1 N–H and O–H groups in total. The minimum Gasteiger partial charge on any atom is -0.382 e. The van der Waals surface area contributed by atoms with Gasteiger partial charge in [0.05, 0.1) is 16.0 Å². The molecule has 1 nitrogen and oxygen atoms in total. The number of rotatable bonds is 2. The maximum Gasteiger partial charge on any atom is 0.391 e. The van der Waals surface area contributed by atoms with Gasteiger partial charge < -0.3 is 5.32 Å². The van der Waals surface area contributed by atoms with Crippen molar-refractivity contribution in [3.8, 4) is 0 Å². The molecule has 2 rings (SSSR count). The Labute approximate surface area is 124 Å². The third-order valence-corrected chi connectivity index (χ3v) is 4.04. The van der Waals surface area contributed by atoms with Crippen LogP contribution in [-0.2, 0) is 0 Å². The number of anilines is 1. The molecule has 112 valence electrons. The number of alkyl halides is 3. The third kappa shape index (κ3) is 3.70. The lowest BCUT2D eigenvalue weighted by Gasteiger charge is -2.31. The van der Waals surface area contributed by atoms with Crippen LogP contribution in [0.1, 0.15) is 25.7 Å². The van der Waals surface area contributed by atoms with Crippen molar-refractivity contribution >= 4 is 28.9 Å². The lowest BCUT2D eigenvalue weighted by Crippen LogP contribution is -2.34. The Morgan fingerprint density at radius 3 is 2.25 bits per heavy atom. The average Bonchev–Trinajstić information content (AvgIpc) is 2.35. The third-order valence-electron chi connectivity index (χ3n) is 3.49. The molecule has 1 aliphatic rings. The van der Waals surface area contributed by atoms with Gasteiger partial charge in [-0.1, -0.05) is 29.6 Å². The molecule has 2 atom stereocenters. The van der Waals surface area contributed by atoms with Crippen LogP contribution >= 0.6 is 23.2 Å². The quantitative estimate of drug-likeness (QED) is 0.544. The van der Waals surface area contributed by atoms with Crippen molar-refractivity contribution in [3.63, 3.8) is 0 Å². The summed E-state index contributed by atoms with van der Waals surface area (Å²) in [5.74, 6) is -2.02. The fourth-order valence-electron chi connectivity index (χ4n) is 2.49. The Balaban J connectivity index is 2.07. The molecule has 1 saturated carbocycles. The number of halogens is 6. The highest BCUT2D eigenvalue weighted by Crippen LogP contribution is 2.38. The zero-order valence-corrected chi connectivity index (χ0v) is 11.9. The highest BCUT2D eigenvalue weighted by molar-refractivity contribution is 6.35. The number of hydrogen-bond acceptors (Lipinski definition) is 1. The first-order valence-electron chi connectivity index (χ1n) is 6.25. The summed E-state index contributed by atoms with van der Waals surface area (Å²) in [6.07, 6.45) is -2.86. The largest absolute Gasteiger partial charge is 0.391 e. The van der Waals surface area contributed by atoms with Gasteiger partial charge in [-0.05, 0) is 31.4 Å². The number of hydrogen-bond donors (Lipinski definition) is 1. The van der Waals surface area contributed by atoms with Gasteiger partial charge in [-0.25, -0.2) is 4.39 Å². The summed E-state index contributed by atoms with van der Waals surface area (Å²) in [5, 5.41) is 2.66. The van der Waals surface area contributed by atoms with Crippen LogP contribution < -0.4 is 5.32 Å². The first-order chi connectivity index (χ1) is 9.27. The van der Waals surface area contributed by atoms with Gasteiger partial charge in [-0.2, -0.15) is 13.2 Å². The van der Waals surface area contributed by atoms with Crippen LogP contribution in [0.2, 0.25) is 10.0 Å². The van der Waals surface area contributed by atoms with E-state index in [-0.39, 0.29) is 28.9 Å². The standard InChI is InChI=1S/C13H13Cl2F4N/c14-10-5-9(6-11(15)12(10)16)20-8-3-1-2-7(4-8)13(17,18)19/h5-8,20H,1-4H2. The molecule has 0 bridgehead atoms. The molecule has 0 saturated heterocycles. The molecule has 1 aromatic rings. The molecule has 20 heavy (non-hydrogen) atoms. The fourth-order valence-corrected chi connectivity index (χ4v) is 2.98. The van der Waals surface area contributed by atoms with Crippen LogP contribution in [0, 0.1) is 11.7 Å². The van der Waals surface area contributed by atoms with Crippen molar-refractivity contribution in [2.24, 2.45) is 5.92 Å². The van der Waals surface area contributed by atoms with E-state index in [1.165, 1.54) is 12.1 Å². The smallest absolute Gasteiger partial charge is 0.382 e. The van der Waals surface area contributed by atoms with E-state index >= 15 is 0 Å². The summed E-state index contributed by atoms with van der Waals surface area (Å²) in [6.45, 7) is 0. The summed E-state index contributed by atoms with van der Waals surface area (Å²) in [5.41, 5.74) is 0.439. The Bertz CT molecular complexity index is 467. The minimum absolute atomic E-state index is 0.0100. The average molecular weight is 330 g/mol. The fraction of sp³-hybridized carbons (Fsp3) is 0.538. The molecular formula is C13H13Cl2F4N. The van der Waals surface area contributed by atoms with Gasteiger partial charge in [0.2, 0.25) is 0 Å². The van der Waals surface area contributed by atoms with E-state index < -0.39 is 17.9 Å². The van der Waals surface area contributed by atoms with Gasteiger partial charge in [0.15, 0.2) is 5.82 Å². The summed E-state index contributed by atoms with van der Waals surface area (Å²) < 4.78 is 51.4. The second-order valence-electron chi connectivity index (χ2n) is 5.00. The molecule has 0 heterocycles. The van der Waals surface area contributed by atoms with Crippen LogP contribution in [0.15, 0.2) is 12.1 Å². The number of nitrogens with one attached hydrogen (secondary N) is 1. The number of benzene rings is 1. The van der Waals surface area contributed by atoms with E-state index in [1.54, 1.807) is 0 Å². The second kappa shape index (κ2) is 5.98. The lowest BCUT2D eigenvalue weighted by atomic mass is 9.85. The molecule has 7 heteroatoms. The molecule has 0 radical (unpaired) electrons. The van der Waals surface area contributed by atoms with Gasteiger partial charge in [-0.3, -0.25) is 0 Å². The van der Waals surface area contributed by atoms with Gasteiger partial charge in [-0.15, -0.1) is 0 Å².